The minimum atomic E-state index is -0.0164. The van der Waals surface area contributed by atoms with Gasteiger partial charge in [0.25, 0.3) is 11.8 Å². The lowest BCUT2D eigenvalue weighted by molar-refractivity contribution is -0.881. The van der Waals surface area contributed by atoms with E-state index in [2.05, 4.69) is 28.8 Å². The summed E-state index contributed by atoms with van der Waals surface area (Å²) in [6, 6.07) is 6.71. The maximum absolute atomic E-state index is 12.4. The van der Waals surface area contributed by atoms with E-state index in [1.165, 1.54) is 30.4 Å². The van der Waals surface area contributed by atoms with E-state index in [1.54, 1.807) is 0 Å². The normalized spacial score (nSPS) is 15.9. The van der Waals surface area contributed by atoms with Crippen LogP contribution in [0.3, 0.4) is 0 Å². The Morgan fingerprint density at radius 2 is 1.62 bits per heavy atom. The molecule has 1 aliphatic rings. The van der Waals surface area contributed by atoms with Gasteiger partial charge < -0.3 is 15.5 Å². The average Bonchev–Trinajstić information content (AvgIpc) is 2.59. The molecule has 1 aliphatic carbocycles. The van der Waals surface area contributed by atoms with Crippen LogP contribution in [0.4, 0.5) is 0 Å². The Bertz CT molecular complexity index is 628. The zero-order chi connectivity index (χ0) is 19.1. The molecule has 5 heteroatoms. The maximum atomic E-state index is 12.4. The van der Waals surface area contributed by atoms with Crippen LogP contribution in [0.5, 0.6) is 0 Å². The van der Waals surface area contributed by atoms with Crippen LogP contribution in [0.25, 0.3) is 0 Å². The summed E-state index contributed by atoms with van der Waals surface area (Å²) in [4.78, 5) is 25.3. The first-order valence-electron chi connectivity index (χ1n) is 9.93. The summed E-state index contributed by atoms with van der Waals surface area (Å²) in [5.74, 6) is -0.0168. The zero-order valence-electron chi connectivity index (χ0n) is 16.7. The van der Waals surface area contributed by atoms with Gasteiger partial charge in [-0.15, -0.1) is 0 Å². The minimum absolute atomic E-state index is 0.00705. The Kier molecular flexibility index (Phi) is 7.64. The molecule has 26 heavy (non-hydrogen) atoms. The Hall–Kier alpha value is -1.88. The molecule has 144 valence electrons. The van der Waals surface area contributed by atoms with E-state index in [9.17, 15) is 9.59 Å². The van der Waals surface area contributed by atoms with Crippen molar-refractivity contribution in [2.45, 2.75) is 65.5 Å². The van der Waals surface area contributed by atoms with Gasteiger partial charge in [-0.3, -0.25) is 9.59 Å². The Morgan fingerprint density at radius 3 is 2.23 bits per heavy atom. The van der Waals surface area contributed by atoms with Crippen molar-refractivity contribution in [1.29, 1.82) is 0 Å². The number of fused-ring (bicyclic) bond motifs is 1. The summed E-state index contributed by atoms with van der Waals surface area (Å²) in [7, 11) is 0. The Morgan fingerprint density at radius 1 is 1.00 bits per heavy atom. The largest absolute Gasteiger partial charge is 0.349 e. The molecule has 2 amide bonds. The summed E-state index contributed by atoms with van der Waals surface area (Å²) >= 11 is 0. The number of carbonyl (C=O) groups excluding carboxylic acids is 2. The lowest BCUT2D eigenvalue weighted by Crippen LogP contribution is -3.14. The molecule has 2 atom stereocenters. The molecular formula is C21H34N3O2+. The number of rotatable bonds is 8. The third-order valence-corrected chi connectivity index (χ3v) is 5.02. The second kappa shape index (κ2) is 9.72. The molecule has 0 heterocycles. The lowest BCUT2D eigenvalue weighted by Gasteiger charge is -2.21. The van der Waals surface area contributed by atoms with Gasteiger partial charge in [-0.05, 0) is 70.1 Å². The van der Waals surface area contributed by atoms with Crippen LogP contribution in [0.15, 0.2) is 18.2 Å². The van der Waals surface area contributed by atoms with Crippen LogP contribution in [-0.2, 0) is 22.4 Å². The van der Waals surface area contributed by atoms with Crippen LogP contribution in [0.2, 0.25) is 0 Å². The first-order valence-corrected chi connectivity index (χ1v) is 9.93. The molecule has 5 nitrogen and oxygen atoms in total. The first-order chi connectivity index (χ1) is 12.4. The Balaban J connectivity index is 1.88. The van der Waals surface area contributed by atoms with E-state index in [-0.39, 0.29) is 23.9 Å². The zero-order valence-corrected chi connectivity index (χ0v) is 16.7. The monoisotopic (exact) mass is 360 g/mol. The van der Waals surface area contributed by atoms with Crippen molar-refractivity contribution in [3.05, 3.63) is 34.9 Å². The third kappa shape index (κ3) is 6.13. The van der Waals surface area contributed by atoms with Crippen molar-refractivity contribution < 1.29 is 14.5 Å². The van der Waals surface area contributed by atoms with Crippen molar-refractivity contribution in [2.75, 3.05) is 19.6 Å². The number of amides is 2. The van der Waals surface area contributed by atoms with E-state index >= 15 is 0 Å². The molecule has 2 rings (SSSR count). The number of aryl methyl sites for hydroxylation is 2. The number of nitrogens with one attached hydrogen (secondary N) is 3. The van der Waals surface area contributed by atoms with E-state index in [1.807, 2.05) is 27.7 Å². The van der Waals surface area contributed by atoms with Crippen LogP contribution in [0, 0.1) is 0 Å². The molecule has 0 radical (unpaired) electrons. The number of carbonyl (C=O) groups is 2. The first kappa shape index (κ1) is 20.4. The molecule has 1 unspecified atom stereocenters. The number of quaternary nitrogens is 1. The molecule has 0 saturated heterocycles. The van der Waals surface area contributed by atoms with E-state index in [4.69, 9.17) is 0 Å². The Labute approximate surface area is 157 Å². The van der Waals surface area contributed by atoms with Crippen molar-refractivity contribution in [3.63, 3.8) is 0 Å². The van der Waals surface area contributed by atoms with Gasteiger partial charge in [0.1, 0.15) is 0 Å². The minimum Gasteiger partial charge on any atom is -0.349 e. The standard InChI is InChI=1S/C21H33N3O2/c1-5-24(13-20(25)22-15(2)3)14-21(26)23-16(4)18-11-10-17-8-6-7-9-19(17)12-18/h10-12,15-16H,5-9,13-14H2,1-4H3,(H,22,25)(H,23,26)/p+1/t16-/m1/s1. The van der Waals surface area contributed by atoms with Gasteiger partial charge in [-0.1, -0.05) is 18.2 Å². The highest BCUT2D eigenvalue weighted by atomic mass is 16.2. The average molecular weight is 361 g/mol. The molecule has 0 fully saturated rings. The lowest BCUT2D eigenvalue weighted by atomic mass is 9.89. The molecule has 0 bridgehead atoms. The number of likely N-dealkylation sites (N-methyl/N-ethyl adjacent to an activating group) is 1. The molecule has 0 saturated carbocycles. The molecule has 1 aromatic rings. The highest BCUT2D eigenvalue weighted by molar-refractivity contribution is 5.79. The summed E-state index contributed by atoms with van der Waals surface area (Å²) in [5.41, 5.74) is 4.05. The summed E-state index contributed by atoms with van der Waals surface area (Å²) in [6.45, 7) is 9.30. The highest BCUT2D eigenvalue weighted by Gasteiger charge is 2.19. The van der Waals surface area contributed by atoms with Gasteiger partial charge in [-0.25, -0.2) is 0 Å². The fraction of sp³-hybridized carbons (Fsp3) is 0.619. The molecule has 1 aromatic carbocycles. The van der Waals surface area contributed by atoms with E-state index < -0.39 is 0 Å². The topological polar surface area (TPSA) is 62.6 Å². The summed E-state index contributed by atoms with van der Waals surface area (Å²) < 4.78 is 0. The van der Waals surface area contributed by atoms with Gasteiger partial charge in [0.05, 0.1) is 12.6 Å². The molecule has 0 aliphatic heterocycles. The van der Waals surface area contributed by atoms with Gasteiger partial charge in [-0.2, -0.15) is 0 Å². The third-order valence-electron chi connectivity index (χ3n) is 5.02. The van der Waals surface area contributed by atoms with Gasteiger partial charge in [0.15, 0.2) is 13.1 Å². The van der Waals surface area contributed by atoms with Gasteiger partial charge in [0, 0.05) is 6.04 Å². The molecule has 0 aromatic heterocycles. The van der Waals surface area contributed by atoms with Crippen LogP contribution in [-0.4, -0.2) is 37.5 Å². The van der Waals surface area contributed by atoms with Gasteiger partial charge >= 0.3 is 0 Å². The fourth-order valence-electron chi connectivity index (χ4n) is 3.54. The predicted molar refractivity (Wildman–Crippen MR) is 104 cm³/mol. The number of hydrogen-bond acceptors (Lipinski definition) is 2. The van der Waals surface area contributed by atoms with E-state index in [0.717, 1.165) is 23.4 Å². The predicted octanol–water partition coefficient (Wildman–Crippen LogP) is 1.17. The summed E-state index contributed by atoms with van der Waals surface area (Å²) in [6.07, 6.45) is 4.84. The van der Waals surface area contributed by atoms with Crippen LogP contribution < -0.4 is 15.5 Å². The maximum Gasteiger partial charge on any atom is 0.275 e. The van der Waals surface area contributed by atoms with Crippen LogP contribution in [0.1, 0.15) is 63.3 Å². The quantitative estimate of drug-likeness (QED) is 0.652. The van der Waals surface area contributed by atoms with Crippen molar-refractivity contribution in [1.82, 2.24) is 10.6 Å². The number of hydrogen-bond donors (Lipinski definition) is 3. The fourth-order valence-corrected chi connectivity index (χ4v) is 3.54. The highest BCUT2D eigenvalue weighted by Crippen LogP contribution is 2.24. The van der Waals surface area contributed by atoms with Crippen LogP contribution >= 0.6 is 0 Å². The smallest absolute Gasteiger partial charge is 0.275 e. The second-order valence-corrected chi connectivity index (χ2v) is 7.70. The second-order valence-electron chi connectivity index (χ2n) is 7.70. The van der Waals surface area contributed by atoms with Gasteiger partial charge in [0.2, 0.25) is 0 Å². The van der Waals surface area contributed by atoms with Crippen molar-refractivity contribution in [3.8, 4) is 0 Å². The van der Waals surface area contributed by atoms with Crippen molar-refractivity contribution >= 4 is 11.8 Å². The van der Waals surface area contributed by atoms with E-state index in [0.29, 0.717) is 13.1 Å². The molecule has 0 spiro atoms. The SMILES string of the molecule is CC[NH+](CC(=O)NC(C)C)CC(=O)N[C@H](C)c1ccc2c(c1)CCCC2. The molecular weight excluding hydrogens is 326 g/mol. The van der Waals surface area contributed by atoms with Crippen molar-refractivity contribution in [2.24, 2.45) is 0 Å². The summed E-state index contributed by atoms with van der Waals surface area (Å²) in [5, 5.41) is 5.98. The molecule has 3 N–H and O–H groups in total. The number of benzene rings is 1.